The van der Waals surface area contributed by atoms with Crippen LogP contribution in [0.1, 0.15) is 138 Å². The molecule has 1 aromatic carbocycles. The maximum atomic E-state index is 15.2. The Hall–Kier alpha value is -10.3. The van der Waals surface area contributed by atoms with Crippen LogP contribution in [0.4, 0.5) is 0 Å². The van der Waals surface area contributed by atoms with Gasteiger partial charge in [0.15, 0.2) is 18.1 Å². The van der Waals surface area contributed by atoms with Gasteiger partial charge in [-0.05, 0) is 66.4 Å². The number of cyclic esters (lactones) is 2. The number of thiazole rings is 5. The van der Waals surface area contributed by atoms with E-state index in [0.29, 0.717) is 4.73 Å². The number of amides is 6. The summed E-state index contributed by atoms with van der Waals surface area (Å²) in [5, 5.41) is 87.9. The number of carbonyl (C=O) groups excluding carboxylic acids is 8. The molecule has 12 N–H and O–H groups in total. The first kappa shape index (κ1) is 75.3. The maximum Gasteiger partial charge on any atom is 0.358 e. The van der Waals surface area contributed by atoms with Crippen LogP contribution in [0.15, 0.2) is 56.9 Å². The molecule has 0 radical (unpaired) electrons. The van der Waals surface area contributed by atoms with Crippen molar-refractivity contribution in [3.05, 3.63) is 112 Å². The van der Waals surface area contributed by atoms with Crippen molar-refractivity contribution in [3.8, 4) is 38.4 Å². The number of fused-ring (bicyclic) bond motifs is 15. The second kappa shape index (κ2) is 30.6. The van der Waals surface area contributed by atoms with Crippen LogP contribution in [0.2, 0.25) is 0 Å². The molecular weight excluding hydrogens is 1490 g/mol. The van der Waals surface area contributed by atoms with Crippen molar-refractivity contribution >= 4 is 133 Å². The number of carboxylic acids is 2. The highest BCUT2D eigenvalue weighted by Crippen LogP contribution is 2.43. The number of likely N-dealkylation sites (N-methyl/N-ethyl adjacent to an activating group) is 1. The number of carboxylic acid groups (broad SMARTS) is 2. The zero-order chi connectivity index (χ0) is 76.1. The monoisotopic (exact) mass is 1550 g/mol. The van der Waals surface area contributed by atoms with Crippen LogP contribution in [-0.2, 0) is 65.6 Å². The highest BCUT2D eigenvalue weighted by molar-refractivity contribution is 7.14. The number of aliphatic hydroxyl groups is 2. The minimum Gasteiger partial charge on any atom is -0.506 e. The number of aromatic hydroxyl groups is 1. The van der Waals surface area contributed by atoms with Crippen LogP contribution >= 0.6 is 56.7 Å². The van der Waals surface area contributed by atoms with Crippen molar-refractivity contribution in [2.75, 3.05) is 27.8 Å². The van der Waals surface area contributed by atoms with Crippen molar-refractivity contribution in [1.29, 1.82) is 0 Å². The largest absolute Gasteiger partial charge is 0.506 e. The molecule has 0 spiro atoms. The van der Waals surface area contributed by atoms with Gasteiger partial charge in [0.05, 0.1) is 49.5 Å². The highest BCUT2D eigenvalue weighted by Gasteiger charge is 2.50. The van der Waals surface area contributed by atoms with Crippen molar-refractivity contribution in [2.24, 2.45) is 0 Å². The van der Waals surface area contributed by atoms with Crippen LogP contribution in [0.5, 0.6) is 5.75 Å². The Morgan fingerprint density at radius 3 is 2.17 bits per heavy atom. The van der Waals surface area contributed by atoms with E-state index in [1.807, 2.05) is 0 Å². The molecule has 4 aliphatic heterocycles. The molecule has 4 aliphatic rings. The molecule has 12 rings (SSSR count). The molecule has 1 unspecified atom stereocenters. The molecule has 7 aromatic heterocycles. The van der Waals surface area contributed by atoms with Crippen molar-refractivity contribution in [3.63, 3.8) is 0 Å². The standard InChI is InChI=1S/C65H66N14O22S5/c1-23(51(84)67-30(62(90)91)13-39(82)83)66-52(85)33-20-105-60(72-33)45-38(81)12-28-44(74-45)32-18-103-58(69-32)31-17-99-63(92)47-29-16-97-48(49(101-40-14-65(5,94)50(78(6)7)26(4)100-40)64(93)98-15-27-10-9-11-37(41(27)29)79(47)95)46(61-73-34(21-106-61)53(86)68-31)77-55(88)36-22-104-59(71-36)43(25(3)96-8)76-56(89)42(24(2)80)75-54(87)35-19-102-57(28)70-35/h9-12,18-24,26,30-31,40,42,46,48-50,80-81,94-95H,13-17H2,1-8H3,(H,66,85)(H,67,84)(H,68,86)(H,75,87)(H,76,89)(H,77,88)(H,82,83)(H,90,91)/b43-25+/t23-,24+,26-,30?,31-,40-,42-,46-,48-,49-,50+,65-/m0/s1. The minimum absolute atomic E-state index is 0.00112. The van der Waals surface area contributed by atoms with E-state index in [9.17, 15) is 59.5 Å². The number of esters is 2. The van der Waals surface area contributed by atoms with Gasteiger partial charge >= 0.3 is 23.9 Å². The zero-order valence-corrected chi connectivity index (χ0v) is 61.0. The molecule has 106 heavy (non-hydrogen) atoms. The Labute approximate surface area is 618 Å². The van der Waals surface area contributed by atoms with Gasteiger partial charge in [0, 0.05) is 49.8 Å². The molecule has 12 atom stereocenters. The average molecular weight is 1560 g/mol. The predicted octanol–water partition coefficient (Wildman–Crippen LogP) is 3.33. The lowest BCUT2D eigenvalue weighted by molar-refractivity contribution is -0.280. The molecule has 11 heterocycles. The summed E-state index contributed by atoms with van der Waals surface area (Å²) < 4.78 is 38.2. The van der Waals surface area contributed by atoms with Gasteiger partial charge in [0.1, 0.15) is 132 Å². The lowest BCUT2D eigenvalue weighted by atomic mass is 9.85. The number of ether oxygens (including phenoxy) is 6. The summed E-state index contributed by atoms with van der Waals surface area (Å²) in [4.78, 5) is 169. The number of nitrogens with zero attached hydrogens (tertiary/aromatic N) is 8. The number of pyridine rings is 1. The third-order valence-corrected chi connectivity index (χ3v) is 22.0. The summed E-state index contributed by atoms with van der Waals surface area (Å²) in [7, 11) is 4.80. The van der Waals surface area contributed by atoms with Gasteiger partial charge in [-0.1, -0.05) is 12.1 Å². The number of rotatable bonds is 13. The van der Waals surface area contributed by atoms with Crippen molar-refractivity contribution in [2.45, 2.75) is 133 Å². The highest BCUT2D eigenvalue weighted by atomic mass is 32.1. The summed E-state index contributed by atoms with van der Waals surface area (Å²) in [6.07, 6.45) is -8.67. The first-order valence-corrected chi connectivity index (χ1v) is 36.5. The molecule has 12 bridgehead atoms. The average Bonchev–Trinajstić information content (AvgIpc) is 1.57. The molecule has 41 heteroatoms. The van der Waals surface area contributed by atoms with Gasteiger partial charge in [-0.25, -0.2) is 44.3 Å². The zero-order valence-electron chi connectivity index (χ0n) is 56.9. The smallest absolute Gasteiger partial charge is 0.358 e. The fraction of sp³-hybridized carbons (Fsp3) is 0.385. The lowest BCUT2D eigenvalue weighted by Crippen LogP contribution is -2.62. The summed E-state index contributed by atoms with van der Waals surface area (Å²) >= 11 is 4.26. The molecule has 36 nitrogen and oxygen atoms in total. The quantitative estimate of drug-likeness (QED) is 0.0447. The molecular formula is C65H66N14O22S5. The van der Waals surface area contributed by atoms with Crippen LogP contribution < -0.4 is 31.9 Å². The molecule has 8 aromatic rings. The Bertz CT molecular complexity index is 4880. The van der Waals surface area contributed by atoms with Gasteiger partial charge in [0.25, 0.3) is 23.6 Å². The molecule has 0 saturated carbocycles. The Balaban J connectivity index is 1.01. The Kier molecular flexibility index (Phi) is 21.8. The first-order chi connectivity index (χ1) is 50.4. The van der Waals surface area contributed by atoms with E-state index < -0.39 is 170 Å². The SMILES string of the molecule is CO/C(C)=C1/NC(=O)[C@H]([C@@H](C)O)NC(=O)c2csc(n2)-c2cc(O)c(-c3nc(C(=O)N[C@@H](C)C(=O)NC(CC(=O)O)C(=O)O)cs3)nc2-c2csc(n2)[C@@H]2COC(=O)c3c4c5c(cccc5n3O)COC(=O)[C@@H](O[C@H]3C[C@](C)(O)[C@H](N(C)C)[C@H](C)O3)[C@@H](OC4)[C@H](NC(=O)c3csc1n3)c1nc(cs1)C(=O)N2. The number of carbonyl (C=O) groups is 10. The van der Waals surface area contributed by atoms with Gasteiger partial charge in [-0.3, -0.25) is 33.6 Å². The number of aromatic nitrogens is 7. The molecule has 1 fully saturated rings. The molecule has 1 saturated heterocycles. The van der Waals surface area contributed by atoms with Crippen LogP contribution in [0, 0.1) is 0 Å². The van der Waals surface area contributed by atoms with Crippen LogP contribution in [0.3, 0.4) is 0 Å². The summed E-state index contributed by atoms with van der Waals surface area (Å²) in [6, 6.07) is -2.87. The van der Waals surface area contributed by atoms with Gasteiger partial charge in [-0.2, -0.15) is 4.73 Å². The van der Waals surface area contributed by atoms with E-state index in [-0.39, 0.29) is 110 Å². The van der Waals surface area contributed by atoms with E-state index >= 15 is 19.2 Å². The summed E-state index contributed by atoms with van der Waals surface area (Å²) in [6.45, 7) is 5.28. The van der Waals surface area contributed by atoms with Crippen molar-refractivity contribution < 1.29 is 107 Å². The van der Waals surface area contributed by atoms with E-state index in [4.69, 9.17) is 43.4 Å². The van der Waals surface area contributed by atoms with Gasteiger partial charge in [0.2, 0.25) is 11.8 Å². The van der Waals surface area contributed by atoms with Crippen molar-refractivity contribution in [1.82, 2.24) is 71.4 Å². The topological polar surface area (TPSA) is 505 Å². The second-order valence-corrected chi connectivity index (χ2v) is 29.6. The number of hydrogen-bond donors (Lipinski definition) is 12. The number of aliphatic carboxylic acids is 2. The number of allylic oxidation sites excluding steroid dienone is 1. The van der Waals surface area contributed by atoms with E-state index in [2.05, 4.69) is 46.9 Å². The van der Waals surface area contributed by atoms with Crippen LogP contribution in [0.25, 0.3) is 49.3 Å². The first-order valence-electron chi connectivity index (χ1n) is 32.1. The number of nitrogens with one attached hydrogen (secondary N) is 6. The Morgan fingerprint density at radius 1 is 0.811 bits per heavy atom. The number of benzene rings is 1. The van der Waals surface area contributed by atoms with E-state index in [1.165, 1.54) is 73.0 Å². The molecule has 6 amide bonds. The third-order valence-electron chi connectivity index (χ3n) is 17.5. The third kappa shape index (κ3) is 15.4. The summed E-state index contributed by atoms with van der Waals surface area (Å²) in [5.41, 5.74) is -3.47. The minimum atomic E-state index is -1.94. The number of aliphatic hydroxyl groups excluding tert-OH is 1. The maximum absolute atomic E-state index is 15.2. The molecule has 0 aliphatic carbocycles. The second-order valence-electron chi connectivity index (χ2n) is 25.2. The number of methoxy groups -OCH3 is 1. The molecule has 558 valence electrons. The van der Waals surface area contributed by atoms with Gasteiger partial charge < -0.3 is 96.0 Å². The van der Waals surface area contributed by atoms with E-state index in [1.54, 1.807) is 38.9 Å². The van der Waals surface area contributed by atoms with Crippen LogP contribution in [-0.4, -0.2) is 218 Å². The van der Waals surface area contributed by atoms with Gasteiger partial charge in [-0.15, -0.1) is 56.7 Å². The predicted molar refractivity (Wildman–Crippen MR) is 373 cm³/mol. The normalized spacial score (nSPS) is 23.7. The number of hydrogen-bond acceptors (Lipinski definition) is 32. The fourth-order valence-corrected chi connectivity index (χ4v) is 16.7. The summed E-state index contributed by atoms with van der Waals surface area (Å²) in [5.74, 6) is -11.8. The van der Waals surface area contributed by atoms with E-state index in [0.717, 1.165) is 56.7 Å². The Morgan fingerprint density at radius 2 is 1.47 bits per heavy atom. The lowest BCUT2D eigenvalue weighted by Gasteiger charge is -2.48. The fourth-order valence-electron chi connectivity index (χ4n) is 12.5.